The second-order valence-electron chi connectivity index (χ2n) is 9.58. The van der Waals surface area contributed by atoms with Gasteiger partial charge in [-0.15, -0.1) is 0 Å². The molecule has 3 aliphatic rings. The summed E-state index contributed by atoms with van der Waals surface area (Å²) in [6.07, 6.45) is 7.58. The Kier molecular flexibility index (Phi) is 7.49. The quantitative estimate of drug-likeness (QED) is 0.341. The number of carbonyl (C=O) groups excluding carboxylic acids is 1. The smallest absolute Gasteiger partial charge is 0.343 e. The molecule has 0 saturated heterocycles. The first-order valence-electron chi connectivity index (χ1n) is 13.0. The van der Waals surface area contributed by atoms with Crippen molar-refractivity contribution in [2.24, 2.45) is 0 Å². The maximum absolute atomic E-state index is 13.3. The lowest BCUT2D eigenvalue weighted by atomic mass is 9.81. The second-order valence-corrected chi connectivity index (χ2v) is 9.58. The van der Waals surface area contributed by atoms with Crippen LogP contribution in [0.2, 0.25) is 0 Å². The van der Waals surface area contributed by atoms with Gasteiger partial charge in [0.2, 0.25) is 12.5 Å². The van der Waals surface area contributed by atoms with E-state index >= 15 is 0 Å². The van der Waals surface area contributed by atoms with Crippen LogP contribution >= 0.6 is 0 Å². The molecule has 9 nitrogen and oxygen atoms in total. The van der Waals surface area contributed by atoms with E-state index in [1.807, 2.05) is 38.3 Å². The highest BCUT2D eigenvalue weighted by molar-refractivity contribution is 5.98. The van der Waals surface area contributed by atoms with Crippen LogP contribution < -0.4 is 29.0 Å². The van der Waals surface area contributed by atoms with Crippen LogP contribution in [0.5, 0.6) is 28.7 Å². The molecular weight excluding hydrogens is 512 g/mol. The Labute approximate surface area is 234 Å². The number of esters is 1. The minimum absolute atomic E-state index is 0.0752. The topological polar surface area (TPSA) is 87.7 Å². The summed E-state index contributed by atoms with van der Waals surface area (Å²) in [6.45, 7) is 10.5. The number of nitrogens with zero attached hydrogens (tertiary/aromatic N) is 1. The van der Waals surface area contributed by atoms with Gasteiger partial charge in [0.15, 0.2) is 23.0 Å². The number of benzene rings is 2. The zero-order valence-electron chi connectivity index (χ0n) is 23.5. The van der Waals surface area contributed by atoms with Crippen LogP contribution in [0, 0.1) is 0 Å². The van der Waals surface area contributed by atoms with Gasteiger partial charge in [0.1, 0.15) is 11.7 Å². The van der Waals surface area contributed by atoms with Gasteiger partial charge < -0.3 is 33.7 Å². The van der Waals surface area contributed by atoms with E-state index in [0.29, 0.717) is 40.0 Å². The minimum atomic E-state index is -0.616. The number of allylic oxidation sites excluding steroid dienone is 4. The Morgan fingerprint density at radius 1 is 1.10 bits per heavy atom. The maximum Gasteiger partial charge on any atom is 0.343 e. The Bertz CT molecular complexity index is 1440. The van der Waals surface area contributed by atoms with Crippen molar-refractivity contribution in [3.63, 3.8) is 0 Å². The van der Waals surface area contributed by atoms with Gasteiger partial charge >= 0.3 is 5.97 Å². The second kappa shape index (κ2) is 11.0. The van der Waals surface area contributed by atoms with Gasteiger partial charge in [0, 0.05) is 28.9 Å². The Balaban J connectivity index is 1.72. The Morgan fingerprint density at radius 2 is 1.85 bits per heavy atom. The molecule has 0 amide bonds. The van der Waals surface area contributed by atoms with Gasteiger partial charge in [-0.1, -0.05) is 31.4 Å². The van der Waals surface area contributed by atoms with E-state index in [1.54, 1.807) is 19.4 Å². The van der Waals surface area contributed by atoms with E-state index in [0.717, 1.165) is 40.8 Å². The first kappa shape index (κ1) is 27.2. The highest BCUT2D eigenvalue weighted by Gasteiger charge is 2.47. The lowest BCUT2D eigenvalue weighted by molar-refractivity contribution is 0.00872. The van der Waals surface area contributed by atoms with Crippen LogP contribution in [0.4, 0.5) is 0 Å². The highest BCUT2D eigenvalue weighted by Crippen LogP contribution is 2.58. The molecule has 0 aromatic heterocycles. The molecule has 0 spiro atoms. The molecule has 2 unspecified atom stereocenters. The van der Waals surface area contributed by atoms with E-state index in [9.17, 15) is 4.79 Å². The lowest BCUT2D eigenvalue weighted by Crippen LogP contribution is -2.37. The summed E-state index contributed by atoms with van der Waals surface area (Å²) in [4.78, 5) is 15.4. The summed E-state index contributed by atoms with van der Waals surface area (Å²) in [6, 6.07) is 3.30. The molecule has 40 heavy (non-hydrogen) atoms. The number of fused-ring (bicyclic) bond motifs is 3. The lowest BCUT2D eigenvalue weighted by Gasteiger charge is -2.39. The van der Waals surface area contributed by atoms with Crippen LogP contribution in [-0.4, -0.2) is 52.6 Å². The standard InChI is InChI=1S/C31H34N2O7/c1-8-18(11-10-17(3)32-9-2)22-19-14-15-33(4)25(23(19)28(37-7)30-29(22)38-16-39-30)26-20-12-13-21(35-5)27(36-6)24(20)31(34)40-26/h8-13,25-26,32H,2-3,14-16H2,1,4-7H3/b11-10-,18-8+. The van der Waals surface area contributed by atoms with Crippen molar-refractivity contribution in [2.75, 3.05) is 41.7 Å². The number of methoxy groups -OCH3 is 3. The van der Waals surface area contributed by atoms with Crippen LogP contribution in [0.1, 0.15) is 51.7 Å². The molecular formula is C31H34N2O7. The number of carbonyl (C=O) groups is 1. The fraction of sp³-hybridized carbons (Fsp3) is 0.323. The summed E-state index contributed by atoms with van der Waals surface area (Å²) in [5.74, 6) is 2.11. The zero-order valence-corrected chi connectivity index (χ0v) is 23.5. The molecule has 2 aromatic carbocycles. The average molecular weight is 547 g/mol. The predicted octanol–water partition coefficient (Wildman–Crippen LogP) is 5.09. The average Bonchev–Trinajstić information content (AvgIpc) is 3.57. The summed E-state index contributed by atoms with van der Waals surface area (Å²) >= 11 is 0. The molecule has 0 saturated carbocycles. The summed E-state index contributed by atoms with van der Waals surface area (Å²) < 4.78 is 35.1. The van der Waals surface area contributed by atoms with Crippen molar-refractivity contribution >= 4 is 11.5 Å². The number of cyclic esters (lactones) is 1. The monoisotopic (exact) mass is 546 g/mol. The molecule has 0 bridgehead atoms. The van der Waals surface area contributed by atoms with Gasteiger partial charge in [-0.25, -0.2) is 4.79 Å². The highest BCUT2D eigenvalue weighted by atomic mass is 16.7. The number of ether oxygens (including phenoxy) is 6. The SMILES string of the molecule is C=CNC(=C)/C=C\C(=C/C)c1c2c(c(OC)c3c1OCO3)C(C1OC(=O)c3c1ccc(OC)c3OC)N(C)CC2. The Hall–Kier alpha value is -4.37. The van der Waals surface area contributed by atoms with E-state index < -0.39 is 12.1 Å². The molecule has 9 heteroatoms. The molecule has 3 aliphatic heterocycles. The van der Waals surface area contributed by atoms with Crippen LogP contribution in [-0.2, 0) is 11.2 Å². The number of likely N-dealkylation sites (N-methyl/N-ethyl adjacent to an activating group) is 1. The molecule has 0 fully saturated rings. The molecule has 0 radical (unpaired) electrons. The normalized spacial score (nSPS) is 19.6. The van der Waals surface area contributed by atoms with Gasteiger partial charge in [0.05, 0.1) is 27.4 Å². The summed E-state index contributed by atoms with van der Waals surface area (Å²) in [5, 5.41) is 3.00. The third-order valence-electron chi connectivity index (χ3n) is 7.57. The van der Waals surface area contributed by atoms with Gasteiger partial charge in [-0.3, -0.25) is 4.90 Å². The number of hydrogen-bond donors (Lipinski definition) is 1. The van der Waals surface area contributed by atoms with Crippen molar-refractivity contribution in [1.29, 1.82) is 0 Å². The summed E-state index contributed by atoms with van der Waals surface area (Å²) in [7, 11) is 6.69. The number of hydrogen-bond acceptors (Lipinski definition) is 9. The largest absolute Gasteiger partial charge is 0.493 e. The molecule has 1 N–H and O–H groups in total. The maximum atomic E-state index is 13.3. The van der Waals surface area contributed by atoms with E-state index in [4.69, 9.17) is 28.4 Å². The molecule has 2 aromatic rings. The molecule has 2 atom stereocenters. The third kappa shape index (κ3) is 4.26. The van der Waals surface area contributed by atoms with Crippen molar-refractivity contribution in [3.8, 4) is 28.7 Å². The van der Waals surface area contributed by atoms with E-state index in [1.165, 1.54) is 14.2 Å². The molecule has 0 aliphatic carbocycles. The van der Waals surface area contributed by atoms with Crippen molar-refractivity contribution < 1.29 is 33.2 Å². The van der Waals surface area contributed by atoms with Gasteiger partial charge in [0.25, 0.3) is 0 Å². The number of nitrogens with one attached hydrogen (secondary N) is 1. The Morgan fingerprint density at radius 3 is 2.52 bits per heavy atom. The zero-order chi connectivity index (χ0) is 28.6. The van der Waals surface area contributed by atoms with Crippen molar-refractivity contribution in [1.82, 2.24) is 10.2 Å². The summed E-state index contributed by atoms with van der Waals surface area (Å²) in [5.41, 5.74) is 5.60. The van der Waals surface area contributed by atoms with Crippen molar-refractivity contribution in [2.45, 2.75) is 25.5 Å². The van der Waals surface area contributed by atoms with Crippen molar-refractivity contribution in [3.05, 3.63) is 83.2 Å². The van der Waals surface area contributed by atoms with Crippen LogP contribution in [0.3, 0.4) is 0 Å². The first-order chi connectivity index (χ1) is 19.4. The van der Waals surface area contributed by atoms with E-state index in [2.05, 4.69) is 23.4 Å². The first-order valence-corrected chi connectivity index (χ1v) is 13.0. The predicted molar refractivity (Wildman–Crippen MR) is 151 cm³/mol. The van der Waals surface area contributed by atoms with Crippen LogP contribution in [0.25, 0.3) is 5.57 Å². The fourth-order valence-corrected chi connectivity index (χ4v) is 5.83. The van der Waals surface area contributed by atoms with Crippen LogP contribution in [0.15, 0.2) is 55.4 Å². The van der Waals surface area contributed by atoms with E-state index in [-0.39, 0.29) is 12.8 Å². The van der Waals surface area contributed by atoms with Gasteiger partial charge in [-0.05, 0) is 49.9 Å². The fourth-order valence-electron chi connectivity index (χ4n) is 5.83. The minimum Gasteiger partial charge on any atom is -0.493 e. The third-order valence-corrected chi connectivity index (χ3v) is 7.57. The molecule has 5 rings (SSSR count). The molecule has 210 valence electrons. The number of rotatable bonds is 9. The molecule has 3 heterocycles. The van der Waals surface area contributed by atoms with Gasteiger partial charge in [-0.2, -0.15) is 0 Å².